The van der Waals surface area contributed by atoms with Crippen LogP contribution in [0.2, 0.25) is 5.02 Å². The van der Waals surface area contributed by atoms with Crippen molar-refractivity contribution in [3.8, 4) is 0 Å². The van der Waals surface area contributed by atoms with Gasteiger partial charge >= 0.3 is 0 Å². The van der Waals surface area contributed by atoms with E-state index in [1.54, 1.807) is 30.3 Å². The van der Waals surface area contributed by atoms with Crippen molar-refractivity contribution < 1.29 is 18.0 Å². The molecule has 3 rings (SSSR count). The van der Waals surface area contributed by atoms with Gasteiger partial charge in [-0.15, -0.1) is 0 Å². The summed E-state index contributed by atoms with van der Waals surface area (Å²) in [4.78, 5) is 26.2. The van der Waals surface area contributed by atoms with Crippen molar-refractivity contribution in [2.45, 2.75) is 6.04 Å². The summed E-state index contributed by atoms with van der Waals surface area (Å²) in [7, 11) is -3.26. The summed E-state index contributed by atoms with van der Waals surface area (Å²) in [6.07, 6.45) is 3.08. The predicted octanol–water partition coefficient (Wildman–Crippen LogP) is 1.97. The van der Waals surface area contributed by atoms with Crippen molar-refractivity contribution in [1.29, 1.82) is 0 Å². The molecule has 1 N–H and O–H groups in total. The first-order valence-corrected chi connectivity index (χ1v) is 10.8. The Morgan fingerprint density at radius 3 is 2.88 bits per heavy atom. The Hall–Kier alpha value is -1.68. The zero-order valence-corrected chi connectivity index (χ0v) is 16.4. The van der Waals surface area contributed by atoms with Gasteiger partial charge in [-0.05, 0) is 29.8 Å². The van der Waals surface area contributed by atoms with Crippen LogP contribution in [-0.4, -0.2) is 47.8 Å². The zero-order valence-electron chi connectivity index (χ0n) is 13.2. The van der Waals surface area contributed by atoms with Crippen molar-refractivity contribution in [2.75, 3.05) is 12.3 Å². The molecule has 0 radical (unpaired) electrons. The van der Waals surface area contributed by atoms with Crippen LogP contribution in [0.25, 0.3) is 6.08 Å². The number of rotatable bonds is 4. The summed E-state index contributed by atoms with van der Waals surface area (Å²) in [6.45, 7) is -0.262. The van der Waals surface area contributed by atoms with Crippen LogP contribution in [0, 0.1) is 0 Å². The van der Waals surface area contributed by atoms with E-state index in [1.165, 1.54) is 11.0 Å². The number of hydrogen-bond acceptors (Lipinski definition) is 6. The number of benzene rings is 1. The van der Waals surface area contributed by atoms with Crippen molar-refractivity contribution in [1.82, 2.24) is 10.2 Å². The van der Waals surface area contributed by atoms with Crippen LogP contribution >= 0.6 is 35.6 Å². The molecule has 1 aromatic carbocycles. The molecule has 0 spiro atoms. The molecule has 0 unspecified atom stereocenters. The van der Waals surface area contributed by atoms with Crippen LogP contribution in [-0.2, 0) is 19.4 Å². The van der Waals surface area contributed by atoms with Crippen LogP contribution in [0.1, 0.15) is 5.56 Å². The molecule has 2 aliphatic heterocycles. The van der Waals surface area contributed by atoms with Gasteiger partial charge in [0.2, 0.25) is 5.91 Å². The molecule has 2 amide bonds. The first-order valence-electron chi connectivity index (χ1n) is 7.45. The lowest BCUT2D eigenvalue weighted by Crippen LogP contribution is -2.43. The van der Waals surface area contributed by atoms with Gasteiger partial charge in [0, 0.05) is 10.4 Å². The Balaban J connectivity index is 1.66. The predicted molar refractivity (Wildman–Crippen MR) is 106 cm³/mol. The molecular formula is C16H13ClN2O4S3. The largest absolute Gasteiger partial charge is 0.347 e. The minimum Gasteiger partial charge on any atom is -0.347 e. The average Bonchev–Trinajstić information content (AvgIpc) is 3.01. The zero-order chi connectivity index (χ0) is 18.9. The van der Waals surface area contributed by atoms with Crippen LogP contribution in [0.15, 0.2) is 40.7 Å². The van der Waals surface area contributed by atoms with Gasteiger partial charge in [-0.2, -0.15) is 0 Å². The number of amides is 2. The number of carbonyl (C=O) groups is 2. The van der Waals surface area contributed by atoms with E-state index < -0.39 is 21.8 Å². The second kappa shape index (κ2) is 7.51. The Kier molecular flexibility index (Phi) is 5.52. The lowest BCUT2D eigenvalue weighted by atomic mass is 10.2. The number of halogens is 1. The second-order valence-electron chi connectivity index (χ2n) is 5.65. The van der Waals surface area contributed by atoms with E-state index in [2.05, 4.69) is 5.32 Å². The van der Waals surface area contributed by atoms with E-state index >= 15 is 0 Å². The summed E-state index contributed by atoms with van der Waals surface area (Å²) in [5.74, 6) is -1.02. The Morgan fingerprint density at radius 2 is 2.23 bits per heavy atom. The first-order chi connectivity index (χ1) is 12.2. The van der Waals surface area contributed by atoms with Gasteiger partial charge in [-0.25, -0.2) is 8.42 Å². The summed E-state index contributed by atoms with van der Waals surface area (Å²) in [6, 6.07) is 6.43. The van der Waals surface area contributed by atoms with E-state index in [9.17, 15) is 18.0 Å². The van der Waals surface area contributed by atoms with Gasteiger partial charge in [0.05, 0.1) is 16.7 Å². The van der Waals surface area contributed by atoms with Gasteiger partial charge in [0.15, 0.2) is 9.84 Å². The molecule has 1 fully saturated rings. The molecule has 136 valence electrons. The van der Waals surface area contributed by atoms with Gasteiger partial charge in [0.25, 0.3) is 5.91 Å². The fourth-order valence-electron chi connectivity index (χ4n) is 2.45. The molecule has 2 heterocycles. The Morgan fingerprint density at radius 1 is 1.46 bits per heavy atom. The average molecular weight is 429 g/mol. The quantitative estimate of drug-likeness (QED) is 0.583. The molecule has 0 bridgehead atoms. The third-order valence-corrected chi connectivity index (χ3v) is 6.61. The van der Waals surface area contributed by atoms with Crippen LogP contribution in [0.5, 0.6) is 0 Å². The minimum atomic E-state index is -3.26. The number of carbonyl (C=O) groups excluding carboxylic acids is 2. The maximum Gasteiger partial charge on any atom is 0.266 e. The lowest BCUT2D eigenvalue weighted by molar-refractivity contribution is -0.128. The molecule has 1 aromatic rings. The molecule has 2 aliphatic rings. The van der Waals surface area contributed by atoms with Gasteiger partial charge in [-0.1, -0.05) is 47.7 Å². The summed E-state index contributed by atoms with van der Waals surface area (Å²) in [5.41, 5.74) is 0.753. The highest BCUT2D eigenvalue weighted by molar-refractivity contribution is 8.26. The number of hydrogen-bond donors (Lipinski definition) is 1. The molecule has 10 heteroatoms. The van der Waals surface area contributed by atoms with E-state index in [4.69, 9.17) is 23.8 Å². The summed E-state index contributed by atoms with van der Waals surface area (Å²) in [5, 5.41) is 4.19. The summed E-state index contributed by atoms with van der Waals surface area (Å²) >= 11 is 12.2. The fourth-order valence-corrected chi connectivity index (χ4v) is 5.13. The summed E-state index contributed by atoms with van der Waals surface area (Å²) < 4.78 is 23.0. The lowest BCUT2D eigenvalue weighted by Gasteiger charge is -2.16. The van der Waals surface area contributed by atoms with Gasteiger partial charge < -0.3 is 5.32 Å². The number of nitrogens with zero attached hydrogens (tertiary/aromatic N) is 1. The van der Waals surface area contributed by atoms with Crippen LogP contribution in [0.4, 0.5) is 0 Å². The minimum absolute atomic E-state index is 0.175. The molecule has 0 saturated carbocycles. The van der Waals surface area contributed by atoms with Crippen LogP contribution in [0.3, 0.4) is 0 Å². The third-order valence-electron chi connectivity index (χ3n) is 3.60. The molecule has 1 atom stereocenters. The molecule has 6 nitrogen and oxygen atoms in total. The van der Waals surface area contributed by atoms with E-state index in [-0.39, 0.29) is 22.5 Å². The third kappa shape index (κ3) is 4.53. The monoisotopic (exact) mass is 428 g/mol. The van der Waals surface area contributed by atoms with Gasteiger partial charge in [-0.3, -0.25) is 14.5 Å². The number of nitrogens with one attached hydrogen (secondary N) is 1. The Labute approximate surface area is 165 Å². The highest BCUT2D eigenvalue weighted by atomic mass is 35.5. The highest BCUT2D eigenvalue weighted by Gasteiger charge is 2.34. The van der Waals surface area contributed by atoms with E-state index in [1.807, 2.05) is 0 Å². The highest BCUT2D eigenvalue weighted by Crippen LogP contribution is 2.32. The van der Waals surface area contributed by atoms with E-state index in [0.717, 1.165) is 22.7 Å². The molecular weight excluding hydrogens is 416 g/mol. The number of thiocarbonyl (C=S) groups is 1. The van der Waals surface area contributed by atoms with Crippen molar-refractivity contribution in [2.24, 2.45) is 0 Å². The first kappa shape index (κ1) is 19.1. The maximum atomic E-state index is 12.5. The molecule has 0 aromatic heterocycles. The fraction of sp³-hybridized carbons (Fsp3) is 0.188. The SMILES string of the molecule is O=C(CN1C(=O)/C(=C/c2cccc(Cl)c2)SC1=S)N[C@@H]1C=CS(=O)(=O)C1. The maximum absolute atomic E-state index is 12.5. The van der Waals surface area contributed by atoms with Crippen LogP contribution < -0.4 is 5.32 Å². The topological polar surface area (TPSA) is 83.6 Å². The normalized spacial score (nSPS) is 23.0. The van der Waals surface area contributed by atoms with Crippen molar-refractivity contribution >= 4 is 67.6 Å². The number of sulfone groups is 1. The Bertz CT molecular complexity index is 956. The van der Waals surface area contributed by atoms with Crippen molar-refractivity contribution in [3.63, 3.8) is 0 Å². The van der Waals surface area contributed by atoms with Gasteiger partial charge in [0.1, 0.15) is 10.9 Å². The standard InChI is InChI=1S/C16H13ClN2O4S3/c17-11-3-1-2-10(6-11)7-13-15(21)19(16(24)25-13)8-14(20)18-12-4-5-26(22,23)9-12/h1-7,12H,8-9H2,(H,18,20)/b13-7-/t12-/m1/s1. The smallest absolute Gasteiger partial charge is 0.266 e. The molecule has 1 saturated heterocycles. The van der Waals surface area contributed by atoms with Crippen molar-refractivity contribution in [3.05, 3.63) is 51.2 Å². The number of thioether (sulfide) groups is 1. The van der Waals surface area contributed by atoms with E-state index in [0.29, 0.717) is 9.93 Å². The second-order valence-corrected chi connectivity index (χ2v) is 9.70. The molecule has 0 aliphatic carbocycles. The molecule has 26 heavy (non-hydrogen) atoms.